The van der Waals surface area contributed by atoms with E-state index in [9.17, 15) is 4.79 Å². The second-order valence-corrected chi connectivity index (χ2v) is 5.61. The van der Waals surface area contributed by atoms with Crippen molar-refractivity contribution in [3.8, 4) is 0 Å². The van der Waals surface area contributed by atoms with Gasteiger partial charge in [-0.3, -0.25) is 9.69 Å². The van der Waals surface area contributed by atoms with Crippen molar-refractivity contribution >= 4 is 5.97 Å². The topological polar surface area (TPSA) is 60.2 Å². The summed E-state index contributed by atoms with van der Waals surface area (Å²) in [6.07, 6.45) is 5.47. The standard InChI is InChI=1S/C14H24N4O2/c1-11(2)18-13(15-10-16-18)9-17-7-5-4-6-12(17)8-14(19)20-3/h10-12H,4-9H2,1-3H3. The van der Waals surface area contributed by atoms with E-state index in [0.29, 0.717) is 12.5 Å². The molecule has 6 nitrogen and oxygen atoms in total. The number of esters is 1. The van der Waals surface area contributed by atoms with E-state index in [4.69, 9.17) is 4.74 Å². The molecule has 0 aromatic carbocycles. The van der Waals surface area contributed by atoms with Gasteiger partial charge in [0.25, 0.3) is 0 Å². The van der Waals surface area contributed by atoms with Crippen LogP contribution in [0, 0.1) is 0 Å². The summed E-state index contributed by atoms with van der Waals surface area (Å²) in [6.45, 7) is 5.95. The van der Waals surface area contributed by atoms with Gasteiger partial charge < -0.3 is 4.74 Å². The number of hydrogen-bond donors (Lipinski definition) is 0. The smallest absolute Gasteiger partial charge is 0.307 e. The highest BCUT2D eigenvalue weighted by atomic mass is 16.5. The lowest BCUT2D eigenvalue weighted by molar-refractivity contribution is -0.142. The van der Waals surface area contributed by atoms with Crippen LogP contribution >= 0.6 is 0 Å². The van der Waals surface area contributed by atoms with Crippen molar-refractivity contribution < 1.29 is 9.53 Å². The number of methoxy groups -OCH3 is 1. The lowest BCUT2D eigenvalue weighted by Crippen LogP contribution is -2.41. The predicted octanol–water partition coefficient (Wildman–Crippen LogP) is 1.78. The van der Waals surface area contributed by atoms with Gasteiger partial charge in [-0.25, -0.2) is 9.67 Å². The second-order valence-electron chi connectivity index (χ2n) is 5.61. The second kappa shape index (κ2) is 6.83. The summed E-state index contributed by atoms with van der Waals surface area (Å²) in [4.78, 5) is 18.2. The maximum atomic E-state index is 11.5. The molecule has 1 atom stereocenters. The molecule has 1 aliphatic heterocycles. The lowest BCUT2D eigenvalue weighted by atomic mass is 9.99. The van der Waals surface area contributed by atoms with Crippen LogP contribution < -0.4 is 0 Å². The molecule has 1 aliphatic rings. The number of carbonyl (C=O) groups is 1. The van der Waals surface area contributed by atoms with E-state index in [0.717, 1.165) is 25.3 Å². The number of ether oxygens (including phenoxy) is 1. The van der Waals surface area contributed by atoms with Gasteiger partial charge in [-0.15, -0.1) is 0 Å². The molecule has 0 N–H and O–H groups in total. The van der Waals surface area contributed by atoms with Crippen LogP contribution in [0.25, 0.3) is 0 Å². The summed E-state index contributed by atoms with van der Waals surface area (Å²) >= 11 is 0. The fraction of sp³-hybridized carbons (Fsp3) is 0.786. The molecule has 0 amide bonds. The highest BCUT2D eigenvalue weighted by Gasteiger charge is 2.26. The third-order valence-electron chi connectivity index (χ3n) is 3.86. The van der Waals surface area contributed by atoms with Crippen molar-refractivity contribution in [2.75, 3.05) is 13.7 Å². The minimum Gasteiger partial charge on any atom is -0.469 e. The summed E-state index contributed by atoms with van der Waals surface area (Å²) < 4.78 is 6.75. The first-order chi connectivity index (χ1) is 9.61. The molecule has 0 spiro atoms. The molecule has 1 saturated heterocycles. The minimum atomic E-state index is -0.132. The van der Waals surface area contributed by atoms with Crippen LogP contribution in [-0.4, -0.2) is 45.3 Å². The first-order valence-electron chi connectivity index (χ1n) is 7.31. The van der Waals surface area contributed by atoms with Gasteiger partial charge in [-0.2, -0.15) is 5.10 Å². The van der Waals surface area contributed by atoms with Crippen molar-refractivity contribution in [2.24, 2.45) is 0 Å². The third-order valence-corrected chi connectivity index (χ3v) is 3.86. The molecule has 1 fully saturated rings. The number of rotatable bonds is 5. The molecule has 20 heavy (non-hydrogen) atoms. The highest BCUT2D eigenvalue weighted by Crippen LogP contribution is 2.22. The molecule has 2 heterocycles. The predicted molar refractivity (Wildman–Crippen MR) is 75.1 cm³/mol. The van der Waals surface area contributed by atoms with Crippen LogP contribution in [0.5, 0.6) is 0 Å². The Morgan fingerprint density at radius 3 is 3.00 bits per heavy atom. The number of hydrogen-bond acceptors (Lipinski definition) is 5. The minimum absolute atomic E-state index is 0.132. The van der Waals surface area contributed by atoms with Gasteiger partial charge in [0.05, 0.1) is 20.1 Å². The van der Waals surface area contributed by atoms with Gasteiger partial charge in [0.15, 0.2) is 0 Å². The molecule has 1 aromatic rings. The summed E-state index contributed by atoms with van der Waals surface area (Å²) in [6, 6.07) is 0.560. The normalized spacial score (nSPS) is 20.3. The van der Waals surface area contributed by atoms with Gasteiger partial charge in [-0.05, 0) is 33.2 Å². The van der Waals surface area contributed by atoms with Crippen molar-refractivity contribution in [3.63, 3.8) is 0 Å². The summed E-state index contributed by atoms with van der Waals surface area (Å²) in [5.74, 6) is 0.837. The number of piperidine rings is 1. The maximum Gasteiger partial charge on any atom is 0.307 e. The zero-order chi connectivity index (χ0) is 14.5. The largest absolute Gasteiger partial charge is 0.469 e. The Labute approximate surface area is 120 Å². The van der Waals surface area contributed by atoms with E-state index in [1.165, 1.54) is 20.0 Å². The zero-order valence-electron chi connectivity index (χ0n) is 12.6. The van der Waals surface area contributed by atoms with Gasteiger partial charge in [0.1, 0.15) is 12.2 Å². The maximum absolute atomic E-state index is 11.5. The monoisotopic (exact) mass is 280 g/mol. The van der Waals surface area contributed by atoms with E-state index < -0.39 is 0 Å². The van der Waals surface area contributed by atoms with Gasteiger partial charge in [0.2, 0.25) is 0 Å². The summed E-state index contributed by atoms with van der Waals surface area (Å²) in [7, 11) is 1.45. The number of aromatic nitrogens is 3. The Morgan fingerprint density at radius 2 is 2.30 bits per heavy atom. The molecule has 0 aliphatic carbocycles. The first-order valence-corrected chi connectivity index (χ1v) is 7.31. The van der Waals surface area contributed by atoms with Crippen LogP contribution in [-0.2, 0) is 16.1 Å². The Balaban J connectivity index is 2.04. The Morgan fingerprint density at radius 1 is 1.50 bits per heavy atom. The van der Waals surface area contributed by atoms with Crippen molar-refractivity contribution in [1.29, 1.82) is 0 Å². The zero-order valence-corrected chi connectivity index (χ0v) is 12.6. The number of nitrogens with zero attached hydrogens (tertiary/aromatic N) is 4. The van der Waals surface area contributed by atoms with E-state index in [1.807, 2.05) is 4.68 Å². The van der Waals surface area contributed by atoms with Crippen LogP contribution in [0.2, 0.25) is 0 Å². The SMILES string of the molecule is COC(=O)CC1CCCCN1Cc1ncnn1C(C)C. The average Bonchev–Trinajstić information content (AvgIpc) is 2.89. The molecule has 0 bridgehead atoms. The Kier molecular flexibility index (Phi) is 5.11. The van der Waals surface area contributed by atoms with E-state index in [-0.39, 0.29) is 12.0 Å². The molecule has 2 rings (SSSR count). The number of likely N-dealkylation sites (tertiary alicyclic amines) is 1. The molecule has 0 saturated carbocycles. The Bertz CT molecular complexity index is 444. The third kappa shape index (κ3) is 3.56. The van der Waals surface area contributed by atoms with Crippen LogP contribution in [0.3, 0.4) is 0 Å². The van der Waals surface area contributed by atoms with Crippen LogP contribution in [0.1, 0.15) is 51.4 Å². The van der Waals surface area contributed by atoms with Gasteiger partial charge in [0, 0.05) is 12.1 Å². The molecule has 1 aromatic heterocycles. The fourth-order valence-corrected chi connectivity index (χ4v) is 2.78. The lowest BCUT2D eigenvalue weighted by Gasteiger charge is -2.34. The van der Waals surface area contributed by atoms with E-state index >= 15 is 0 Å². The van der Waals surface area contributed by atoms with Crippen molar-refractivity contribution in [1.82, 2.24) is 19.7 Å². The molecular weight excluding hydrogens is 256 g/mol. The fourth-order valence-electron chi connectivity index (χ4n) is 2.78. The Hall–Kier alpha value is -1.43. The van der Waals surface area contributed by atoms with Crippen LogP contribution in [0.4, 0.5) is 0 Å². The molecule has 6 heteroatoms. The molecule has 1 unspecified atom stereocenters. The molecule has 0 radical (unpaired) electrons. The molecular formula is C14H24N4O2. The van der Waals surface area contributed by atoms with E-state index in [1.54, 1.807) is 6.33 Å². The average molecular weight is 280 g/mol. The number of carbonyl (C=O) groups excluding carboxylic acids is 1. The van der Waals surface area contributed by atoms with Gasteiger partial charge in [-0.1, -0.05) is 6.42 Å². The summed E-state index contributed by atoms with van der Waals surface area (Å²) in [5, 5.41) is 4.27. The van der Waals surface area contributed by atoms with Gasteiger partial charge >= 0.3 is 5.97 Å². The summed E-state index contributed by atoms with van der Waals surface area (Å²) in [5.41, 5.74) is 0. The van der Waals surface area contributed by atoms with E-state index in [2.05, 4.69) is 28.8 Å². The van der Waals surface area contributed by atoms with Crippen molar-refractivity contribution in [3.05, 3.63) is 12.2 Å². The quantitative estimate of drug-likeness (QED) is 0.769. The molecule has 112 valence electrons. The van der Waals surface area contributed by atoms with Crippen LogP contribution in [0.15, 0.2) is 6.33 Å². The van der Waals surface area contributed by atoms with Crippen molar-refractivity contribution in [2.45, 2.75) is 58.2 Å². The highest BCUT2D eigenvalue weighted by molar-refractivity contribution is 5.69. The first kappa shape index (κ1) is 15.0.